The highest BCUT2D eigenvalue weighted by Gasteiger charge is 2.17. The van der Waals surface area contributed by atoms with Gasteiger partial charge in [-0.2, -0.15) is 15.0 Å². The van der Waals surface area contributed by atoms with E-state index >= 15 is 0 Å². The van der Waals surface area contributed by atoms with Crippen LogP contribution in [0.1, 0.15) is 20.3 Å². The summed E-state index contributed by atoms with van der Waals surface area (Å²) in [7, 11) is 0. The van der Waals surface area contributed by atoms with Gasteiger partial charge in [-0.05, 0) is 23.9 Å². The van der Waals surface area contributed by atoms with Gasteiger partial charge in [-0.25, -0.2) is 0 Å². The molecule has 0 bridgehead atoms. The van der Waals surface area contributed by atoms with Gasteiger partial charge in [0.25, 0.3) is 0 Å². The molecule has 8 heteroatoms. The van der Waals surface area contributed by atoms with Crippen LogP contribution in [0.15, 0.2) is 0 Å². The quantitative estimate of drug-likeness (QED) is 0.815. The van der Waals surface area contributed by atoms with Crippen LogP contribution in [0.5, 0.6) is 0 Å². The van der Waals surface area contributed by atoms with Crippen molar-refractivity contribution in [3.8, 4) is 0 Å². The summed E-state index contributed by atoms with van der Waals surface area (Å²) in [5.41, 5.74) is 0. The minimum absolute atomic E-state index is 0.0222. The van der Waals surface area contributed by atoms with E-state index in [4.69, 9.17) is 16.3 Å². The minimum atomic E-state index is -0.0963. The average Bonchev–Trinajstić information content (AvgIpc) is 2.46. The third-order valence-electron chi connectivity index (χ3n) is 3.20. The maximum atomic E-state index is 9.43. The second kappa shape index (κ2) is 7.72. The van der Waals surface area contributed by atoms with Crippen molar-refractivity contribution in [3.05, 3.63) is 5.28 Å². The lowest BCUT2D eigenvalue weighted by molar-refractivity contribution is 0.122. The van der Waals surface area contributed by atoms with Crippen LogP contribution in [0.4, 0.5) is 11.9 Å². The zero-order chi connectivity index (χ0) is 15.2. The summed E-state index contributed by atoms with van der Waals surface area (Å²) in [6.07, 6.45) is 0.826. The Bertz CT molecular complexity index is 454. The van der Waals surface area contributed by atoms with E-state index in [-0.39, 0.29) is 17.9 Å². The van der Waals surface area contributed by atoms with Crippen LogP contribution in [0.25, 0.3) is 0 Å². The Morgan fingerprint density at radius 2 is 2.00 bits per heavy atom. The number of aromatic nitrogens is 3. The summed E-state index contributed by atoms with van der Waals surface area (Å²) in [6.45, 7) is 6.99. The number of hydrogen-bond donors (Lipinski definition) is 2. The second-order valence-corrected chi connectivity index (χ2v) is 5.82. The summed E-state index contributed by atoms with van der Waals surface area (Å²) in [4.78, 5) is 14.7. The van der Waals surface area contributed by atoms with E-state index in [0.29, 0.717) is 31.0 Å². The molecule has 1 atom stereocenters. The Kier molecular flexibility index (Phi) is 5.96. The van der Waals surface area contributed by atoms with Crippen molar-refractivity contribution < 1.29 is 9.84 Å². The van der Waals surface area contributed by atoms with E-state index in [2.05, 4.69) is 34.1 Å². The fourth-order valence-corrected chi connectivity index (χ4v) is 2.40. The molecular formula is C13H22ClN5O2. The van der Waals surface area contributed by atoms with Crippen molar-refractivity contribution in [1.29, 1.82) is 0 Å². The number of anilines is 2. The van der Waals surface area contributed by atoms with E-state index in [1.807, 2.05) is 4.90 Å². The van der Waals surface area contributed by atoms with Crippen LogP contribution >= 0.6 is 11.6 Å². The number of rotatable bonds is 6. The lowest BCUT2D eigenvalue weighted by Crippen LogP contribution is -2.37. The van der Waals surface area contributed by atoms with Gasteiger partial charge >= 0.3 is 0 Å². The fourth-order valence-electron chi connectivity index (χ4n) is 2.24. The van der Waals surface area contributed by atoms with Crippen molar-refractivity contribution in [2.75, 3.05) is 43.1 Å². The van der Waals surface area contributed by atoms with E-state index in [1.165, 1.54) is 0 Å². The van der Waals surface area contributed by atoms with Crippen molar-refractivity contribution in [3.63, 3.8) is 0 Å². The molecule has 1 saturated heterocycles. The Hall–Kier alpha value is -1.18. The molecule has 2 N–H and O–H groups in total. The maximum absolute atomic E-state index is 9.43. The fraction of sp³-hybridized carbons (Fsp3) is 0.769. The summed E-state index contributed by atoms with van der Waals surface area (Å²) in [5, 5.41) is 12.7. The molecule has 2 rings (SSSR count). The molecule has 0 radical (unpaired) electrons. The Balaban J connectivity index is 2.10. The van der Waals surface area contributed by atoms with E-state index in [1.54, 1.807) is 0 Å². The molecule has 0 aliphatic carbocycles. The number of nitrogens with zero attached hydrogens (tertiary/aromatic N) is 4. The summed E-state index contributed by atoms with van der Waals surface area (Å²) >= 11 is 5.98. The maximum Gasteiger partial charge on any atom is 0.231 e. The number of aliphatic hydroxyl groups excluding tert-OH is 1. The average molecular weight is 316 g/mol. The van der Waals surface area contributed by atoms with Crippen LogP contribution in [0.2, 0.25) is 5.28 Å². The smallest absolute Gasteiger partial charge is 0.231 e. The van der Waals surface area contributed by atoms with Crippen molar-refractivity contribution in [1.82, 2.24) is 15.0 Å². The van der Waals surface area contributed by atoms with Gasteiger partial charge in [-0.15, -0.1) is 0 Å². The molecule has 1 aliphatic heterocycles. The van der Waals surface area contributed by atoms with Crippen LogP contribution in [-0.4, -0.2) is 59.0 Å². The van der Waals surface area contributed by atoms with Gasteiger partial charge in [0.1, 0.15) is 0 Å². The van der Waals surface area contributed by atoms with Gasteiger partial charge in [0.2, 0.25) is 17.2 Å². The van der Waals surface area contributed by atoms with Gasteiger partial charge in [-0.1, -0.05) is 13.8 Å². The molecule has 1 aliphatic rings. The third kappa shape index (κ3) is 4.94. The molecule has 0 saturated carbocycles. The van der Waals surface area contributed by atoms with Gasteiger partial charge < -0.3 is 20.1 Å². The monoisotopic (exact) mass is 315 g/mol. The first-order valence-electron chi connectivity index (χ1n) is 7.20. The topological polar surface area (TPSA) is 83.4 Å². The first kappa shape index (κ1) is 16.2. The molecule has 0 aromatic carbocycles. The zero-order valence-electron chi connectivity index (χ0n) is 12.4. The number of morpholine rings is 1. The van der Waals surface area contributed by atoms with Crippen molar-refractivity contribution in [2.24, 2.45) is 5.92 Å². The SMILES string of the molecule is CC(C)CC(CO)Nc1nc(Cl)nc(N2CCOCC2)n1. The summed E-state index contributed by atoms with van der Waals surface area (Å²) in [5.74, 6) is 1.41. The summed E-state index contributed by atoms with van der Waals surface area (Å²) < 4.78 is 5.31. The standard InChI is InChI=1S/C13H22ClN5O2/c1-9(2)7-10(8-20)15-12-16-11(14)17-13(18-12)19-3-5-21-6-4-19/h9-10,20H,3-8H2,1-2H3,(H,15,16,17,18). The number of hydrogen-bond acceptors (Lipinski definition) is 7. The van der Waals surface area contributed by atoms with Crippen LogP contribution in [-0.2, 0) is 4.74 Å². The van der Waals surface area contributed by atoms with Crippen LogP contribution in [0.3, 0.4) is 0 Å². The molecule has 1 fully saturated rings. The van der Waals surface area contributed by atoms with Crippen molar-refractivity contribution in [2.45, 2.75) is 26.3 Å². The molecule has 1 unspecified atom stereocenters. The van der Waals surface area contributed by atoms with Gasteiger partial charge in [-0.3, -0.25) is 0 Å². The number of halogens is 1. The van der Waals surface area contributed by atoms with E-state index in [0.717, 1.165) is 19.5 Å². The number of aliphatic hydroxyl groups is 1. The van der Waals surface area contributed by atoms with Gasteiger partial charge in [0.15, 0.2) is 0 Å². The highest BCUT2D eigenvalue weighted by Crippen LogP contribution is 2.16. The molecule has 1 aromatic rings. The zero-order valence-corrected chi connectivity index (χ0v) is 13.2. The Labute approximate surface area is 129 Å². The van der Waals surface area contributed by atoms with Crippen molar-refractivity contribution >= 4 is 23.5 Å². The van der Waals surface area contributed by atoms with Gasteiger partial charge in [0.05, 0.1) is 25.9 Å². The number of ether oxygens (including phenoxy) is 1. The van der Waals surface area contributed by atoms with E-state index < -0.39 is 0 Å². The summed E-state index contributed by atoms with van der Waals surface area (Å²) in [6, 6.07) is -0.0963. The van der Waals surface area contributed by atoms with Crippen LogP contribution in [0, 0.1) is 5.92 Å². The normalized spacial score (nSPS) is 17.1. The molecule has 118 valence electrons. The third-order valence-corrected chi connectivity index (χ3v) is 3.37. The molecule has 0 spiro atoms. The predicted octanol–water partition coefficient (Wildman–Crippen LogP) is 1.18. The highest BCUT2D eigenvalue weighted by molar-refractivity contribution is 6.28. The minimum Gasteiger partial charge on any atom is -0.394 e. The highest BCUT2D eigenvalue weighted by atomic mass is 35.5. The number of nitrogens with one attached hydrogen (secondary N) is 1. The molecule has 21 heavy (non-hydrogen) atoms. The second-order valence-electron chi connectivity index (χ2n) is 5.48. The van der Waals surface area contributed by atoms with E-state index in [9.17, 15) is 5.11 Å². The molecule has 7 nitrogen and oxygen atoms in total. The Morgan fingerprint density at radius 3 is 2.62 bits per heavy atom. The molecule has 0 amide bonds. The lowest BCUT2D eigenvalue weighted by Gasteiger charge is -2.27. The first-order chi connectivity index (χ1) is 10.1. The molecular weight excluding hydrogens is 294 g/mol. The Morgan fingerprint density at radius 1 is 1.29 bits per heavy atom. The largest absolute Gasteiger partial charge is 0.394 e. The first-order valence-corrected chi connectivity index (χ1v) is 7.58. The van der Waals surface area contributed by atoms with Gasteiger partial charge in [0, 0.05) is 13.1 Å². The van der Waals surface area contributed by atoms with Crippen LogP contribution < -0.4 is 10.2 Å². The molecule has 1 aromatic heterocycles. The predicted molar refractivity (Wildman–Crippen MR) is 81.8 cm³/mol. The molecule has 2 heterocycles. The lowest BCUT2D eigenvalue weighted by atomic mass is 10.0.